The Morgan fingerprint density at radius 2 is 1.46 bits per heavy atom. The molecule has 1 amide bonds. The van der Waals surface area contributed by atoms with E-state index >= 15 is 0 Å². The van der Waals surface area contributed by atoms with E-state index in [-0.39, 0.29) is 21.9 Å². The number of carbonyl (C=O) groups excluding carboxylic acids is 1. The number of carbonyl (C=O) groups is 1. The van der Waals surface area contributed by atoms with E-state index in [1.165, 1.54) is 30.3 Å². The summed E-state index contributed by atoms with van der Waals surface area (Å²) in [5.41, 5.74) is 3.83. The predicted molar refractivity (Wildman–Crippen MR) is 205 cm³/mol. The van der Waals surface area contributed by atoms with Gasteiger partial charge in [0.2, 0.25) is 0 Å². The van der Waals surface area contributed by atoms with Crippen molar-refractivity contribution in [3.63, 3.8) is 0 Å². The van der Waals surface area contributed by atoms with Crippen molar-refractivity contribution in [2.45, 2.75) is 55.5 Å². The predicted octanol–water partition coefficient (Wildman–Crippen LogP) is 8.48. The van der Waals surface area contributed by atoms with Gasteiger partial charge >= 0.3 is 12.3 Å². The van der Waals surface area contributed by atoms with Crippen LogP contribution in [0.25, 0.3) is 16.7 Å². The van der Waals surface area contributed by atoms with Crippen molar-refractivity contribution in [3.05, 3.63) is 148 Å². The summed E-state index contributed by atoms with van der Waals surface area (Å²) in [6.45, 7) is 3.57. The molecule has 0 unspecified atom stereocenters. The van der Waals surface area contributed by atoms with Gasteiger partial charge in [0.15, 0.2) is 0 Å². The van der Waals surface area contributed by atoms with E-state index in [4.69, 9.17) is 20.9 Å². The number of nitrogens with zero attached hydrogens (tertiary/aromatic N) is 3. The zero-order valence-electron chi connectivity index (χ0n) is 30.0. The third-order valence-electron chi connectivity index (χ3n) is 8.36. The molecule has 0 atom stereocenters. The molecule has 0 fully saturated rings. The van der Waals surface area contributed by atoms with E-state index in [0.29, 0.717) is 42.7 Å². The number of benzene rings is 4. The van der Waals surface area contributed by atoms with Gasteiger partial charge in [0, 0.05) is 30.4 Å². The average molecular weight is 829 g/mol. The Hall–Kier alpha value is -5.29. The van der Waals surface area contributed by atoms with Crippen LogP contribution in [0.4, 0.5) is 18.0 Å². The molecule has 0 bridgehead atoms. The first-order chi connectivity index (χ1) is 26.4. The lowest BCUT2D eigenvalue weighted by Crippen LogP contribution is -2.31. The number of rotatable bonds is 11. The lowest BCUT2D eigenvalue weighted by molar-refractivity contribution is -0.137. The third kappa shape index (κ3) is 11.2. The number of sulfonamides is 1. The Balaban J connectivity index is 0.000000470. The van der Waals surface area contributed by atoms with Crippen molar-refractivity contribution in [3.8, 4) is 5.69 Å². The molecule has 0 spiro atoms. The summed E-state index contributed by atoms with van der Waals surface area (Å²) in [5.74, 6) is 0.568. The Labute approximate surface area is 327 Å². The number of imidazole rings is 1. The Kier molecular flexibility index (Phi) is 13.2. The summed E-state index contributed by atoms with van der Waals surface area (Å²) in [4.78, 5) is 20.9. The van der Waals surface area contributed by atoms with Crippen molar-refractivity contribution in [2.24, 2.45) is 0 Å². The number of hydrogen-bond donors (Lipinski definition) is 2. The van der Waals surface area contributed by atoms with E-state index in [9.17, 15) is 34.8 Å². The van der Waals surface area contributed by atoms with Crippen LogP contribution >= 0.6 is 11.6 Å². The van der Waals surface area contributed by atoms with Crippen molar-refractivity contribution >= 4 is 48.9 Å². The molecular formula is C39H36ClF3N4O7S2. The zero-order chi connectivity index (χ0) is 40.7. The molecule has 294 valence electrons. The second-order valence-electron chi connectivity index (χ2n) is 12.6. The molecule has 11 nitrogen and oxygen atoms in total. The zero-order valence-corrected chi connectivity index (χ0v) is 32.4. The first-order valence-corrected chi connectivity index (χ1v) is 20.3. The van der Waals surface area contributed by atoms with Crippen LogP contribution in [-0.2, 0) is 50.3 Å². The maximum absolute atomic E-state index is 13.6. The topological polar surface area (TPSA) is 158 Å². The van der Waals surface area contributed by atoms with Crippen molar-refractivity contribution in [2.75, 3.05) is 6.61 Å². The second-order valence-corrected chi connectivity index (χ2v) is 16.1. The molecule has 17 heteroatoms. The summed E-state index contributed by atoms with van der Waals surface area (Å²) in [6.07, 6.45) is -1.92. The van der Waals surface area contributed by atoms with Crippen LogP contribution in [0, 0.1) is 13.8 Å². The molecule has 6 aromatic rings. The van der Waals surface area contributed by atoms with Crippen LogP contribution < -0.4 is 4.72 Å². The number of aromatic nitrogens is 3. The Bertz CT molecular complexity index is 2520. The third-order valence-corrected chi connectivity index (χ3v) is 10.9. The highest BCUT2D eigenvalue weighted by molar-refractivity contribution is 7.90. The van der Waals surface area contributed by atoms with Gasteiger partial charge in [-0.15, -0.1) is 0 Å². The smallest absolute Gasteiger partial charge is 0.421 e. The SMILES string of the molecule is Cc1ccc(S(=O)(=O)NC(=O)OCCc2ccc(-n3c(CCCc4ccccn4)nc4cc(C(F)(F)F)c(Cl)cc43)cc2)cc1.Cc1ccc(S(=O)(=O)O)cc1. The number of ether oxygens (including phenoxy) is 1. The van der Waals surface area contributed by atoms with E-state index < -0.39 is 43.0 Å². The van der Waals surface area contributed by atoms with Crippen LogP contribution in [0.3, 0.4) is 0 Å². The minimum atomic E-state index is -4.63. The second kappa shape index (κ2) is 17.7. The van der Waals surface area contributed by atoms with Crippen LogP contribution in [0.1, 0.15) is 40.2 Å². The van der Waals surface area contributed by atoms with Gasteiger partial charge in [-0.25, -0.2) is 22.9 Å². The number of pyridine rings is 1. The van der Waals surface area contributed by atoms with Crippen molar-refractivity contribution in [1.82, 2.24) is 19.3 Å². The molecule has 4 aromatic carbocycles. The van der Waals surface area contributed by atoms with Gasteiger partial charge in [0.25, 0.3) is 20.1 Å². The van der Waals surface area contributed by atoms with E-state index in [2.05, 4.69) is 9.97 Å². The molecular weight excluding hydrogens is 793 g/mol. The highest BCUT2D eigenvalue weighted by atomic mass is 35.5. The molecule has 0 aliphatic carbocycles. The van der Waals surface area contributed by atoms with Crippen LogP contribution in [0.2, 0.25) is 5.02 Å². The van der Waals surface area contributed by atoms with Gasteiger partial charge in [-0.3, -0.25) is 14.1 Å². The fraction of sp³-hybridized carbons (Fsp3) is 0.205. The Morgan fingerprint density at radius 1 is 0.839 bits per heavy atom. The maximum atomic E-state index is 13.6. The fourth-order valence-electron chi connectivity index (χ4n) is 5.49. The van der Waals surface area contributed by atoms with Crippen molar-refractivity contribution < 1.29 is 44.1 Å². The molecule has 56 heavy (non-hydrogen) atoms. The molecule has 6 rings (SSSR count). The molecule has 0 saturated carbocycles. The molecule has 0 aliphatic heterocycles. The minimum absolute atomic E-state index is 0.0558. The monoisotopic (exact) mass is 828 g/mol. The number of hydrogen-bond acceptors (Lipinski definition) is 8. The lowest BCUT2D eigenvalue weighted by Gasteiger charge is -2.12. The molecule has 0 radical (unpaired) electrons. The summed E-state index contributed by atoms with van der Waals surface area (Å²) in [7, 11) is -8.09. The number of fused-ring (bicyclic) bond motifs is 1. The quantitative estimate of drug-likeness (QED) is 0.122. The lowest BCUT2D eigenvalue weighted by atomic mass is 10.1. The first kappa shape index (κ1) is 41.9. The molecule has 0 aliphatic rings. The largest absolute Gasteiger partial charge is 0.448 e. The number of halogens is 4. The number of nitrogens with one attached hydrogen (secondary N) is 1. The number of aryl methyl sites for hydroxylation is 4. The molecule has 2 heterocycles. The van der Waals surface area contributed by atoms with Gasteiger partial charge in [-0.05, 0) is 92.9 Å². The highest BCUT2D eigenvalue weighted by Crippen LogP contribution is 2.38. The van der Waals surface area contributed by atoms with E-state index in [1.807, 2.05) is 36.8 Å². The fourth-order valence-corrected chi connectivity index (χ4v) is 7.13. The number of alkyl halides is 3. The molecule has 0 saturated heterocycles. The van der Waals surface area contributed by atoms with E-state index in [0.717, 1.165) is 28.5 Å². The standard InChI is InChI=1S/C32H28ClF3N4O4S.C7H8O3S/c1-21-8-14-25(15-9-21)45(42,43)39-31(41)44-18-16-22-10-12-24(13-11-22)40-29-20-27(33)26(32(34,35)36)19-28(29)38-30(40)7-4-6-23-5-2-3-17-37-23;1-6-2-4-7(5-3-6)11(8,9)10/h2-3,5,8-15,17,19-20H,4,6-7,16,18H2,1H3,(H,39,41);2-5H,1H3,(H,8,9,10). The highest BCUT2D eigenvalue weighted by Gasteiger charge is 2.34. The molecule has 2 N–H and O–H groups in total. The normalized spacial score (nSPS) is 11.8. The Morgan fingerprint density at radius 3 is 2.04 bits per heavy atom. The number of amides is 1. The van der Waals surface area contributed by atoms with Crippen LogP contribution in [-0.4, -0.2) is 48.6 Å². The van der Waals surface area contributed by atoms with Gasteiger partial charge in [-0.1, -0.05) is 65.2 Å². The summed E-state index contributed by atoms with van der Waals surface area (Å²) < 4.78 is 104. The van der Waals surface area contributed by atoms with Gasteiger partial charge in [0.05, 0.1) is 38.0 Å². The first-order valence-electron chi connectivity index (χ1n) is 17.0. The summed E-state index contributed by atoms with van der Waals surface area (Å²) in [6, 6.07) is 27.0. The molecule has 2 aromatic heterocycles. The average Bonchev–Trinajstić information content (AvgIpc) is 3.48. The van der Waals surface area contributed by atoms with Crippen molar-refractivity contribution in [1.29, 1.82) is 0 Å². The van der Waals surface area contributed by atoms with Crippen LogP contribution in [0.15, 0.2) is 119 Å². The van der Waals surface area contributed by atoms with E-state index in [1.54, 1.807) is 59.3 Å². The minimum Gasteiger partial charge on any atom is -0.448 e. The summed E-state index contributed by atoms with van der Waals surface area (Å²) in [5, 5.41) is -0.423. The van der Waals surface area contributed by atoms with Gasteiger partial charge in [0.1, 0.15) is 5.82 Å². The van der Waals surface area contributed by atoms with Gasteiger partial charge in [-0.2, -0.15) is 21.6 Å². The summed E-state index contributed by atoms with van der Waals surface area (Å²) >= 11 is 6.08. The van der Waals surface area contributed by atoms with Gasteiger partial charge < -0.3 is 4.74 Å². The van der Waals surface area contributed by atoms with Crippen LogP contribution in [0.5, 0.6) is 0 Å². The maximum Gasteiger partial charge on any atom is 0.421 e.